The first-order valence-corrected chi connectivity index (χ1v) is 7.26. The lowest BCUT2D eigenvalue weighted by Gasteiger charge is -2.34. The number of hydrogen-bond donors (Lipinski definition) is 1. The Labute approximate surface area is 123 Å². The van der Waals surface area contributed by atoms with E-state index in [1.54, 1.807) is 13.1 Å². The molecule has 1 saturated heterocycles. The van der Waals surface area contributed by atoms with Gasteiger partial charge in [0.15, 0.2) is 0 Å². The van der Waals surface area contributed by atoms with E-state index in [2.05, 4.69) is 22.0 Å². The molecule has 0 bridgehead atoms. The molecule has 1 heterocycles. The van der Waals surface area contributed by atoms with Crippen molar-refractivity contribution in [3.63, 3.8) is 0 Å². The first-order chi connectivity index (χ1) is 9.94. The molecule has 0 aliphatic carbocycles. The minimum atomic E-state index is -4.30. The van der Waals surface area contributed by atoms with Gasteiger partial charge in [0.1, 0.15) is 0 Å². The molecule has 2 rings (SSSR count). The van der Waals surface area contributed by atoms with Crippen molar-refractivity contribution in [3.05, 3.63) is 29.3 Å². The van der Waals surface area contributed by atoms with Gasteiger partial charge in [-0.3, -0.25) is 4.90 Å². The van der Waals surface area contributed by atoms with Crippen molar-refractivity contribution < 1.29 is 13.2 Å². The van der Waals surface area contributed by atoms with Gasteiger partial charge in [0.05, 0.1) is 5.56 Å². The van der Waals surface area contributed by atoms with Gasteiger partial charge in [-0.1, -0.05) is 6.92 Å². The minimum absolute atomic E-state index is 0.347. The molecule has 118 valence electrons. The second-order valence-corrected chi connectivity index (χ2v) is 5.33. The van der Waals surface area contributed by atoms with Crippen LogP contribution < -0.4 is 5.32 Å². The van der Waals surface area contributed by atoms with Gasteiger partial charge in [0, 0.05) is 45.5 Å². The van der Waals surface area contributed by atoms with Gasteiger partial charge in [-0.15, -0.1) is 0 Å². The first kappa shape index (κ1) is 16.1. The van der Waals surface area contributed by atoms with Crippen molar-refractivity contribution in [3.8, 4) is 0 Å². The third-order valence-corrected chi connectivity index (χ3v) is 4.01. The van der Waals surface area contributed by atoms with Crippen LogP contribution in [0, 0.1) is 0 Å². The van der Waals surface area contributed by atoms with Crippen LogP contribution >= 0.6 is 0 Å². The third kappa shape index (κ3) is 4.11. The molecule has 0 saturated carbocycles. The highest BCUT2D eigenvalue weighted by atomic mass is 19.4. The Morgan fingerprint density at radius 3 is 2.24 bits per heavy atom. The number of nitrogens with one attached hydrogen (secondary N) is 1. The van der Waals surface area contributed by atoms with Crippen molar-refractivity contribution in [1.29, 1.82) is 0 Å². The molecule has 6 heteroatoms. The zero-order valence-electron chi connectivity index (χ0n) is 12.5. The summed E-state index contributed by atoms with van der Waals surface area (Å²) in [5.41, 5.74) is 0.531. The van der Waals surface area contributed by atoms with Gasteiger partial charge < -0.3 is 10.2 Å². The molecule has 1 aromatic carbocycles. The molecule has 0 radical (unpaired) electrons. The molecular weight excluding hydrogens is 279 g/mol. The summed E-state index contributed by atoms with van der Waals surface area (Å²) >= 11 is 0. The zero-order chi connectivity index (χ0) is 15.5. The average Bonchev–Trinajstić information content (AvgIpc) is 2.46. The van der Waals surface area contributed by atoms with Crippen LogP contribution in [0.5, 0.6) is 0 Å². The number of hydrogen-bond acceptors (Lipinski definition) is 3. The van der Waals surface area contributed by atoms with Crippen LogP contribution in [0.4, 0.5) is 18.9 Å². The molecule has 0 aromatic heterocycles. The highest BCUT2D eigenvalue weighted by Crippen LogP contribution is 2.34. The van der Waals surface area contributed by atoms with Crippen molar-refractivity contribution >= 4 is 5.69 Å². The second-order valence-electron chi connectivity index (χ2n) is 5.33. The molecule has 1 fully saturated rings. The van der Waals surface area contributed by atoms with E-state index in [-0.39, 0.29) is 0 Å². The normalized spacial score (nSPS) is 18.0. The summed E-state index contributed by atoms with van der Waals surface area (Å²) in [7, 11) is 1.71. The number of benzene rings is 1. The summed E-state index contributed by atoms with van der Waals surface area (Å²) in [4.78, 5) is 4.40. The highest BCUT2D eigenvalue weighted by Gasteiger charge is 2.33. The average molecular weight is 301 g/mol. The fraction of sp³-hybridized carbons (Fsp3) is 0.600. The number of likely N-dealkylation sites (N-methyl/N-ethyl adjacent to an activating group) is 1. The monoisotopic (exact) mass is 301 g/mol. The maximum atomic E-state index is 13.1. The Bertz CT molecular complexity index is 466. The van der Waals surface area contributed by atoms with Crippen LogP contribution in [0.25, 0.3) is 0 Å². The van der Waals surface area contributed by atoms with Gasteiger partial charge in [0.2, 0.25) is 0 Å². The number of halogens is 3. The number of anilines is 1. The van der Waals surface area contributed by atoms with E-state index in [4.69, 9.17) is 0 Å². The standard InChI is InChI=1S/C15H22F3N3/c1-3-20-6-8-21(9-7-20)11-12-10-13(19-2)4-5-14(12)15(16,17)18/h4-5,10,19H,3,6-9,11H2,1-2H3. The van der Waals surface area contributed by atoms with Crippen LogP contribution in [0.2, 0.25) is 0 Å². The second kappa shape index (κ2) is 6.66. The van der Waals surface area contributed by atoms with Crippen LogP contribution in [-0.2, 0) is 12.7 Å². The quantitative estimate of drug-likeness (QED) is 0.922. The summed E-state index contributed by atoms with van der Waals surface area (Å²) in [5, 5.41) is 2.91. The maximum absolute atomic E-state index is 13.1. The van der Waals surface area contributed by atoms with Gasteiger partial charge in [-0.05, 0) is 30.3 Å². The largest absolute Gasteiger partial charge is 0.416 e. The molecule has 0 unspecified atom stereocenters. The van der Waals surface area contributed by atoms with Crippen molar-refractivity contribution in [2.45, 2.75) is 19.6 Å². The van der Waals surface area contributed by atoms with Crippen molar-refractivity contribution in [2.24, 2.45) is 0 Å². The third-order valence-electron chi connectivity index (χ3n) is 4.01. The van der Waals surface area contributed by atoms with Gasteiger partial charge >= 0.3 is 6.18 Å². The predicted molar refractivity (Wildman–Crippen MR) is 78.4 cm³/mol. The molecule has 1 aromatic rings. The number of nitrogens with zero attached hydrogens (tertiary/aromatic N) is 2. The summed E-state index contributed by atoms with van der Waals surface area (Å²) in [6.45, 7) is 6.92. The maximum Gasteiger partial charge on any atom is 0.416 e. The Balaban J connectivity index is 2.14. The van der Waals surface area contributed by atoms with Gasteiger partial charge in [-0.25, -0.2) is 0 Å². The van der Waals surface area contributed by atoms with Crippen LogP contribution in [0.3, 0.4) is 0 Å². The molecule has 1 aliphatic heterocycles. The summed E-state index contributed by atoms with van der Waals surface area (Å²) in [5.74, 6) is 0. The lowest BCUT2D eigenvalue weighted by atomic mass is 10.0. The predicted octanol–water partition coefficient (Wildman–Crippen LogP) is 2.88. The Hall–Kier alpha value is -1.27. The van der Waals surface area contributed by atoms with Crippen molar-refractivity contribution in [2.75, 3.05) is 45.1 Å². The van der Waals surface area contributed by atoms with Crippen LogP contribution in [-0.4, -0.2) is 49.6 Å². The molecule has 1 N–H and O–H groups in total. The number of alkyl halides is 3. The molecule has 1 aliphatic rings. The van der Waals surface area contributed by atoms with E-state index in [9.17, 15) is 13.2 Å². The van der Waals surface area contributed by atoms with E-state index in [1.165, 1.54) is 12.1 Å². The molecule has 0 amide bonds. The summed E-state index contributed by atoms with van der Waals surface area (Å²) in [6.07, 6.45) is -4.30. The highest BCUT2D eigenvalue weighted by molar-refractivity contribution is 5.49. The van der Waals surface area contributed by atoms with E-state index >= 15 is 0 Å². The lowest BCUT2D eigenvalue weighted by Crippen LogP contribution is -2.45. The smallest absolute Gasteiger partial charge is 0.388 e. The van der Waals surface area contributed by atoms with E-state index in [0.717, 1.165) is 32.7 Å². The number of rotatable bonds is 4. The van der Waals surface area contributed by atoms with E-state index < -0.39 is 11.7 Å². The SMILES string of the molecule is CCN1CCN(Cc2cc(NC)ccc2C(F)(F)F)CC1. The Kier molecular flexibility index (Phi) is 5.11. The summed E-state index contributed by atoms with van der Waals surface area (Å²) < 4.78 is 39.3. The van der Waals surface area contributed by atoms with E-state index in [0.29, 0.717) is 17.8 Å². The van der Waals surface area contributed by atoms with E-state index in [1.807, 2.05) is 0 Å². The Morgan fingerprint density at radius 1 is 1.10 bits per heavy atom. The fourth-order valence-corrected chi connectivity index (χ4v) is 2.66. The Morgan fingerprint density at radius 2 is 1.71 bits per heavy atom. The van der Waals surface area contributed by atoms with Gasteiger partial charge in [0.25, 0.3) is 0 Å². The minimum Gasteiger partial charge on any atom is -0.388 e. The zero-order valence-corrected chi connectivity index (χ0v) is 12.5. The molecule has 21 heavy (non-hydrogen) atoms. The number of piperazine rings is 1. The molecule has 0 atom stereocenters. The van der Waals surface area contributed by atoms with Crippen LogP contribution in [0.15, 0.2) is 18.2 Å². The molecule has 3 nitrogen and oxygen atoms in total. The fourth-order valence-electron chi connectivity index (χ4n) is 2.66. The summed E-state index contributed by atoms with van der Waals surface area (Å²) in [6, 6.07) is 4.25. The molecular formula is C15H22F3N3. The molecule has 0 spiro atoms. The first-order valence-electron chi connectivity index (χ1n) is 7.26. The van der Waals surface area contributed by atoms with Crippen molar-refractivity contribution in [1.82, 2.24) is 9.80 Å². The topological polar surface area (TPSA) is 18.5 Å². The lowest BCUT2D eigenvalue weighted by molar-refractivity contribution is -0.138. The van der Waals surface area contributed by atoms with Gasteiger partial charge in [-0.2, -0.15) is 13.2 Å². The van der Waals surface area contributed by atoms with Crippen LogP contribution in [0.1, 0.15) is 18.1 Å².